The molecule has 0 atom stereocenters. The Hall–Kier alpha value is -3.02. The molecule has 13 heteroatoms. The highest BCUT2D eigenvalue weighted by molar-refractivity contribution is 7.92. The van der Waals surface area contributed by atoms with Crippen molar-refractivity contribution in [3.05, 3.63) is 81.8 Å². The van der Waals surface area contributed by atoms with Crippen molar-refractivity contribution in [1.82, 2.24) is 10.2 Å². The van der Waals surface area contributed by atoms with Gasteiger partial charge in [-0.25, -0.2) is 8.42 Å². The number of nitrogens with zero attached hydrogens (tertiary/aromatic N) is 1. The average Bonchev–Trinajstić information content (AvgIpc) is 3.16. The van der Waals surface area contributed by atoms with Gasteiger partial charge in [-0.15, -0.1) is 12.4 Å². The van der Waals surface area contributed by atoms with Gasteiger partial charge in [0, 0.05) is 30.2 Å². The first-order chi connectivity index (χ1) is 18.1. The molecule has 0 bridgehead atoms. The first-order valence-corrected chi connectivity index (χ1v) is 14.0. The monoisotopic (exact) mass is 612 g/mol. The van der Waals surface area contributed by atoms with E-state index in [9.17, 15) is 18.0 Å². The van der Waals surface area contributed by atoms with Gasteiger partial charge in [-0.3, -0.25) is 14.3 Å². The molecule has 0 aliphatic carbocycles. The Labute approximate surface area is 243 Å². The number of carbonyl (C=O) groups excluding carboxylic acids is 2. The molecular weight excluding hydrogens is 587 g/mol. The summed E-state index contributed by atoms with van der Waals surface area (Å²) in [6.45, 7) is 2.51. The van der Waals surface area contributed by atoms with Gasteiger partial charge in [0.25, 0.3) is 10.0 Å². The molecule has 1 aliphatic rings. The summed E-state index contributed by atoms with van der Waals surface area (Å²) in [6.07, 6.45) is 0.574. The Morgan fingerprint density at radius 2 is 1.77 bits per heavy atom. The van der Waals surface area contributed by atoms with Crippen LogP contribution in [-0.4, -0.2) is 51.3 Å². The summed E-state index contributed by atoms with van der Waals surface area (Å²) < 4.78 is 35.5. The lowest BCUT2D eigenvalue weighted by Crippen LogP contribution is -2.35. The van der Waals surface area contributed by atoms with Crippen LogP contribution in [0.5, 0.6) is 11.5 Å². The van der Waals surface area contributed by atoms with E-state index in [0.717, 1.165) is 13.0 Å². The maximum atomic E-state index is 13.6. The molecule has 1 aliphatic heterocycles. The summed E-state index contributed by atoms with van der Waals surface area (Å²) in [7, 11) is -4.22. The Morgan fingerprint density at radius 3 is 2.51 bits per heavy atom. The van der Waals surface area contributed by atoms with Crippen LogP contribution in [0.4, 0.5) is 5.69 Å². The summed E-state index contributed by atoms with van der Waals surface area (Å²) in [4.78, 5) is 26.4. The molecule has 0 saturated carbocycles. The summed E-state index contributed by atoms with van der Waals surface area (Å²) in [6, 6.07) is 15.0. The minimum Gasteiger partial charge on any atom is -0.454 e. The number of hydrogen-bond donors (Lipinski definition) is 3. The lowest BCUT2D eigenvalue weighted by Gasteiger charge is -2.21. The molecule has 4 N–H and O–H groups in total. The van der Waals surface area contributed by atoms with Crippen molar-refractivity contribution in [2.75, 3.05) is 30.9 Å². The van der Waals surface area contributed by atoms with E-state index in [1.165, 1.54) is 30.3 Å². The SMILES string of the molecule is Cl.NC(=O)c1ccc(S(=O)(=O)Nc2ccccc2Oc2ccc(Cl)cc2Cl)c(CC(=O)N2CCCNCC2)c1. The van der Waals surface area contributed by atoms with Crippen LogP contribution in [0.3, 0.4) is 0 Å². The molecule has 0 spiro atoms. The molecule has 0 aromatic heterocycles. The minimum atomic E-state index is -4.22. The zero-order chi connectivity index (χ0) is 27.3. The largest absolute Gasteiger partial charge is 0.454 e. The number of nitrogens with one attached hydrogen (secondary N) is 2. The second kappa shape index (κ2) is 13.4. The number of ether oxygens (including phenoxy) is 1. The van der Waals surface area contributed by atoms with Gasteiger partial charge in [-0.2, -0.15) is 0 Å². The summed E-state index contributed by atoms with van der Waals surface area (Å²) in [5.74, 6) is -0.489. The molecule has 0 radical (unpaired) electrons. The number of benzene rings is 3. The number of nitrogens with two attached hydrogens (primary N) is 1. The van der Waals surface area contributed by atoms with Gasteiger partial charge in [0.05, 0.1) is 22.0 Å². The van der Waals surface area contributed by atoms with Crippen molar-refractivity contribution < 1.29 is 22.7 Å². The number of rotatable bonds is 8. The van der Waals surface area contributed by atoms with Gasteiger partial charge in [-0.1, -0.05) is 35.3 Å². The van der Waals surface area contributed by atoms with Gasteiger partial charge in [-0.05, 0) is 67.1 Å². The van der Waals surface area contributed by atoms with E-state index in [0.29, 0.717) is 24.7 Å². The first kappa shape index (κ1) is 30.5. The van der Waals surface area contributed by atoms with E-state index < -0.39 is 15.9 Å². The minimum absolute atomic E-state index is 0. The Balaban J connectivity index is 0.00000420. The maximum absolute atomic E-state index is 13.6. The predicted octanol–water partition coefficient (Wildman–Crippen LogP) is 4.47. The highest BCUT2D eigenvalue weighted by Gasteiger charge is 2.25. The van der Waals surface area contributed by atoms with Gasteiger partial charge in [0.1, 0.15) is 5.75 Å². The third-order valence-electron chi connectivity index (χ3n) is 5.91. The fraction of sp³-hybridized carbons (Fsp3) is 0.231. The molecule has 9 nitrogen and oxygen atoms in total. The van der Waals surface area contributed by atoms with Crippen molar-refractivity contribution in [1.29, 1.82) is 0 Å². The van der Waals surface area contributed by atoms with E-state index in [1.54, 1.807) is 35.2 Å². The molecule has 1 heterocycles. The number of hydrogen-bond acceptors (Lipinski definition) is 6. The molecule has 208 valence electrons. The number of halogens is 3. The zero-order valence-corrected chi connectivity index (χ0v) is 23.8. The molecule has 2 amide bonds. The number of sulfonamides is 1. The molecule has 0 unspecified atom stereocenters. The smallest absolute Gasteiger partial charge is 0.262 e. The van der Waals surface area contributed by atoms with E-state index >= 15 is 0 Å². The third kappa shape index (κ3) is 7.77. The van der Waals surface area contributed by atoms with Crippen LogP contribution in [0.25, 0.3) is 0 Å². The molecule has 1 saturated heterocycles. The zero-order valence-electron chi connectivity index (χ0n) is 20.7. The Kier molecular flexibility index (Phi) is 10.5. The lowest BCUT2D eigenvalue weighted by molar-refractivity contribution is -0.130. The maximum Gasteiger partial charge on any atom is 0.262 e. The standard InChI is InChI=1S/C26H26Cl2N4O5S.ClH/c27-19-7-8-22(20(28)16-19)37-23-5-2-1-4-21(23)31-38(35,36)24-9-6-17(26(29)34)14-18(24)15-25(33)32-12-3-10-30-11-13-32;/h1-2,4-9,14,16,30-31H,3,10-13,15H2,(H2,29,34);1H. The molecule has 3 aromatic rings. The van der Waals surface area contributed by atoms with E-state index in [-0.39, 0.29) is 63.0 Å². The highest BCUT2D eigenvalue weighted by atomic mass is 35.5. The molecule has 3 aromatic carbocycles. The van der Waals surface area contributed by atoms with Crippen LogP contribution >= 0.6 is 35.6 Å². The van der Waals surface area contributed by atoms with Gasteiger partial charge in [0.2, 0.25) is 11.8 Å². The van der Waals surface area contributed by atoms with Crippen LogP contribution in [0, 0.1) is 0 Å². The number of para-hydroxylation sites is 2. The van der Waals surface area contributed by atoms with E-state index in [2.05, 4.69) is 10.0 Å². The van der Waals surface area contributed by atoms with Crippen molar-refractivity contribution in [2.45, 2.75) is 17.7 Å². The number of anilines is 1. The summed E-state index contributed by atoms with van der Waals surface area (Å²) in [5.41, 5.74) is 5.84. The Morgan fingerprint density at radius 1 is 1.00 bits per heavy atom. The van der Waals surface area contributed by atoms with Crippen LogP contribution in [0.2, 0.25) is 10.0 Å². The van der Waals surface area contributed by atoms with E-state index in [1.807, 2.05) is 0 Å². The fourth-order valence-corrected chi connectivity index (χ4v) is 5.76. The summed E-state index contributed by atoms with van der Waals surface area (Å²) in [5, 5.41) is 3.90. The average molecular weight is 614 g/mol. The van der Waals surface area contributed by atoms with Crippen LogP contribution in [-0.2, 0) is 21.2 Å². The second-order valence-corrected chi connectivity index (χ2v) is 11.1. The fourth-order valence-electron chi connectivity index (χ4n) is 4.02. The second-order valence-electron chi connectivity index (χ2n) is 8.63. The van der Waals surface area contributed by atoms with Gasteiger partial charge < -0.3 is 20.7 Å². The van der Waals surface area contributed by atoms with Crippen molar-refractivity contribution >= 4 is 63.1 Å². The molecular formula is C26H27Cl3N4O5S. The van der Waals surface area contributed by atoms with Crippen molar-refractivity contribution in [2.24, 2.45) is 5.73 Å². The van der Waals surface area contributed by atoms with E-state index in [4.69, 9.17) is 33.7 Å². The van der Waals surface area contributed by atoms with Crippen molar-refractivity contribution in [3.63, 3.8) is 0 Å². The predicted molar refractivity (Wildman–Crippen MR) is 154 cm³/mol. The lowest BCUT2D eigenvalue weighted by atomic mass is 10.1. The highest BCUT2D eigenvalue weighted by Crippen LogP contribution is 2.36. The molecule has 39 heavy (non-hydrogen) atoms. The molecule has 1 fully saturated rings. The van der Waals surface area contributed by atoms with Crippen molar-refractivity contribution in [3.8, 4) is 11.5 Å². The normalized spacial score (nSPS) is 13.6. The van der Waals surface area contributed by atoms with Crippen LogP contribution < -0.4 is 20.5 Å². The third-order valence-corrected chi connectivity index (χ3v) is 7.91. The topological polar surface area (TPSA) is 131 Å². The van der Waals surface area contributed by atoms with Gasteiger partial charge >= 0.3 is 0 Å². The first-order valence-electron chi connectivity index (χ1n) is 11.8. The molecule has 4 rings (SSSR count). The number of amides is 2. The van der Waals surface area contributed by atoms with Crippen LogP contribution in [0.15, 0.2) is 65.6 Å². The number of primary amides is 1. The quantitative estimate of drug-likeness (QED) is 0.344. The van der Waals surface area contributed by atoms with Gasteiger partial charge in [0.15, 0.2) is 5.75 Å². The van der Waals surface area contributed by atoms with Crippen LogP contribution in [0.1, 0.15) is 22.3 Å². The summed E-state index contributed by atoms with van der Waals surface area (Å²) >= 11 is 12.2. The number of carbonyl (C=O) groups is 2. The Bertz CT molecular complexity index is 1460.